The van der Waals surface area contributed by atoms with Gasteiger partial charge in [0.1, 0.15) is 0 Å². The number of carboxylic acid groups (broad SMARTS) is 1. The molecule has 1 rings (SSSR count). The summed E-state index contributed by atoms with van der Waals surface area (Å²) in [6.45, 7) is 2.64. The molecular formula is C12H22O4. The first-order valence-electron chi connectivity index (χ1n) is 6.09. The van der Waals surface area contributed by atoms with Crippen LogP contribution in [0.2, 0.25) is 0 Å². The summed E-state index contributed by atoms with van der Waals surface area (Å²) >= 11 is 0. The van der Waals surface area contributed by atoms with Gasteiger partial charge in [-0.3, -0.25) is 4.79 Å². The molecule has 0 aliphatic carbocycles. The summed E-state index contributed by atoms with van der Waals surface area (Å²) < 4.78 is 5.39. The van der Waals surface area contributed by atoms with Crippen LogP contribution in [0.1, 0.15) is 45.4 Å². The van der Waals surface area contributed by atoms with Crippen molar-refractivity contribution in [2.24, 2.45) is 5.41 Å². The number of aliphatic hydroxyl groups is 1. The Hall–Kier alpha value is -0.610. The summed E-state index contributed by atoms with van der Waals surface area (Å²) in [5.41, 5.74) is -0.667. The van der Waals surface area contributed by atoms with Gasteiger partial charge in [-0.25, -0.2) is 0 Å². The van der Waals surface area contributed by atoms with Crippen molar-refractivity contribution < 1.29 is 19.7 Å². The maximum Gasteiger partial charge on any atom is 0.312 e. The zero-order valence-electron chi connectivity index (χ0n) is 9.95. The molecule has 1 heterocycles. The van der Waals surface area contributed by atoms with Crippen LogP contribution in [-0.4, -0.2) is 35.5 Å². The van der Waals surface area contributed by atoms with Crippen molar-refractivity contribution in [1.29, 1.82) is 0 Å². The van der Waals surface area contributed by atoms with Gasteiger partial charge in [0.25, 0.3) is 0 Å². The highest BCUT2D eigenvalue weighted by molar-refractivity contribution is 5.75. The summed E-state index contributed by atoms with van der Waals surface area (Å²) in [6, 6.07) is 0. The van der Waals surface area contributed by atoms with Gasteiger partial charge in [0.05, 0.1) is 11.5 Å². The van der Waals surface area contributed by atoms with Crippen molar-refractivity contribution in [3.05, 3.63) is 0 Å². The molecule has 0 radical (unpaired) electrons. The molecule has 1 fully saturated rings. The third kappa shape index (κ3) is 2.95. The van der Waals surface area contributed by atoms with Crippen LogP contribution in [-0.2, 0) is 9.53 Å². The largest absolute Gasteiger partial charge is 0.481 e. The number of aliphatic carboxylic acids is 1. The molecule has 0 aromatic rings. The van der Waals surface area contributed by atoms with Crippen LogP contribution in [0, 0.1) is 5.41 Å². The monoisotopic (exact) mass is 230 g/mol. The summed E-state index contributed by atoms with van der Waals surface area (Å²) in [7, 11) is 0. The van der Waals surface area contributed by atoms with E-state index in [1.54, 1.807) is 0 Å². The van der Waals surface area contributed by atoms with Gasteiger partial charge in [-0.1, -0.05) is 19.3 Å². The summed E-state index contributed by atoms with van der Waals surface area (Å²) in [5, 5.41) is 18.0. The SMILES string of the molecule is CC1OCCC1(CCCCCCO)C(=O)O. The zero-order valence-corrected chi connectivity index (χ0v) is 9.95. The number of unbranched alkanes of at least 4 members (excludes halogenated alkanes) is 3. The molecule has 16 heavy (non-hydrogen) atoms. The Morgan fingerprint density at radius 3 is 2.56 bits per heavy atom. The van der Waals surface area contributed by atoms with Gasteiger partial charge in [0.2, 0.25) is 0 Å². The molecule has 2 N–H and O–H groups in total. The Morgan fingerprint density at radius 2 is 2.06 bits per heavy atom. The van der Waals surface area contributed by atoms with Crippen molar-refractivity contribution in [1.82, 2.24) is 0 Å². The minimum Gasteiger partial charge on any atom is -0.481 e. The van der Waals surface area contributed by atoms with E-state index < -0.39 is 11.4 Å². The average Bonchev–Trinajstić information content (AvgIpc) is 2.61. The van der Waals surface area contributed by atoms with Crippen molar-refractivity contribution >= 4 is 5.97 Å². The van der Waals surface area contributed by atoms with Crippen molar-refractivity contribution in [3.8, 4) is 0 Å². The second-order valence-electron chi connectivity index (χ2n) is 4.61. The van der Waals surface area contributed by atoms with E-state index in [1.165, 1.54) is 0 Å². The minimum absolute atomic E-state index is 0.178. The van der Waals surface area contributed by atoms with E-state index in [4.69, 9.17) is 9.84 Å². The van der Waals surface area contributed by atoms with E-state index in [0.717, 1.165) is 25.7 Å². The molecule has 0 aromatic carbocycles. The number of carboxylic acids is 1. The zero-order chi connectivity index (χ0) is 12.0. The minimum atomic E-state index is -0.723. The maximum absolute atomic E-state index is 11.3. The normalized spacial score (nSPS) is 29.5. The summed E-state index contributed by atoms with van der Waals surface area (Å²) in [5.74, 6) is -0.723. The predicted octanol–water partition coefficient (Wildman–Crippen LogP) is 1.81. The van der Waals surface area contributed by atoms with E-state index in [-0.39, 0.29) is 12.7 Å². The van der Waals surface area contributed by atoms with Gasteiger partial charge < -0.3 is 14.9 Å². The molecule has 4 heteroatoms. The number of rotatable bonds is 7. The molecule has 1 aliphatic rings. The van der Waals surface area contributed by atoms with Crippen LogP contribution in [0.25, 0.3) is 0 Å². The Balaban J connectivity index is 2.38. The fourth-order valence-corrected chi connectivity index (χ4v) is 2.40. The van der Waals surface area contributed by atoms with Crippen LogP contribution in [0.3, 0.4) is 0 Å². The van der Waals surface area contributed by atoms with Gasteiger partial charge in [0, 0.05) is 13.2 Å². The molecule has 0 aromatic heterocycles. The lowest BCUT2D eigenvalue weighted by Crippen LogP contribution is -2.37. The van der Waals surface area contributed by atoms with E-state index in [1.807, 2.05) is 6.92 Å². The topological polar surface area (TPSA) is 66.8 Å². The molecule has 2 atom stereocenters. The average molecular weight is 230 g/mol. The fourth-order valence-electron chi connectivity index (χ4n) is 2.40. The Kier molecular flexibility index (Phi) is 5.22. The second kappa shape index (κ2) is 6.21. The van der Waals surface area contributed by atoms with Crippen LogP contribution < -0.4 is 0 Å². The van der Waals surface area contributed by atoms with Crippen LogP contribution in [0.4, 0.5) is 0 Å². The van der Waals surface area contributed by atoms with Gasteiger partial charge >= 0.3 is 5.97 Å². The van der Waals surface area contributed by atoms with Gasteiger partial charge in [-0.2, -0.15) is 0 Å². The number of hydrogen-bond acceptors (Lipinski definition) is 3. The molecule has 4 nitrogen and oxygen atoms in total. The van der Waals surface area contributed by atoms with E-state index in [2.05, 4.69) is 0 Å². The molecule has 0 bridgehead atoms. The molecular weight excluding hydrogens is 208 g/mol. The van der Waals surface area contributed by atoms with Gasteiger partial charge in [-0.15, -0.1) is 0 Å². The third-order valence-corrected chi connectivity index (χ3v) is 3.65. The van der Waals surface area contributed by atoms with Crippen LogP contribution in [0.15, 0.2) is 0 Å². The third-order valence-electron chi connectivity index (χ3n) is 3.65. The number of aliphatic hydroxyl groups excluding tert-OH is 1. The van der Waals surface area contributed by atoms with Crippen LogP contribution in [0.5, 0.6) is 0 Å². The quantitative estimate of drug-likeness (QED) is 0.654. The highest BCUT2D eigenvalue weighted by atomic mass is 16.5. The fraction of sp³-hybridized carbons (Fsp3) is 0.917. The molecule has 2 unspecified atom stereocenters. The highest BCUT2D eigenvalue weighted by Gasteiger charge is 2.47. The summed E-state index contributed by atoms with van der Waals surface area (Å²) in [6.07, 6.45) is 4.82. The standard InChI is InChI=1S/C12H22O4/c1-10-12(11(14)15,7-9-16-10)6-4-2-3-5-8-13/h10,13H,2-9H2,1H3,(H,14,15). The van der Waals surface area contributed by atoms with Crippen molar-refractivity contribution in [2.75, 3.05) is 13.2 Å². The number of ether oxygens (including phenoxy) is 1. The van der Waals surface area contributed by atoms with E-state index >= 15 is 0 Å². The van der Waals surface area contributed by atoms with Crippen molar-refractivity contribution in [3.63, 3.8) is 0 Å². The molecule has 0 saturated carbocycles. The molecule has 1 aliphatic heterocycles. The first-order chi connectivity index (χ1) is 7.63. The molecule has 0 amide bonds. The lowest BCUT2D eigenvalue weighted by Gasteiger charge is -2.27. The van der Waals surface area contributed by atoms with Gasteiger partial charge in [-0.05, 0) is 26.2 Å². The Bertz CT molecular complexity index is 229. The first kappa shape index (κ1) is 13.5. The van der Waals surface area contributed by atoms with E-state index in [0.29, 0.717) is 19.4 Å². The highest BCUT2D eigenvalue weighted by Crippen LogP contribution is 2.40. The predicted molar refractivity (Wildman–Crippen MR) is 60.3 cm³/mol. The lowest BCUT2D eigenvalue weighted by atomic mass is 9.77. The Labute approximate surface area is 96.6 Å². The lowest BCUT2D eigenvalue weighted by molar-refractivity contribution is -0.152. The van der Waals surface area contributed by atoms with E-state index in [9.17, 15) is 9.90 Å². The first-order valence-corrected chi connectivity index (χ1v) is 6.09. The molecule has 1 saturated heterocycles. The molecule has 0 spiro atoms. The maximum atomic E-state index is 11.3. The second-order valence-corrected chi connectivity index (χ2v) is 4.61. The van der Waals surface area contributed by atoms with Crippen LogP contribution >= 0.6 is 0 Å². The smallest absolute Gasteiger partial charge is 0.312 e. The molecule has 94 valence electrons. The number of carbonyl (C=O) groups is 1. The Morgan fingerprint density at radius 1 is 1.38 bits per heavy atom. The summed E-state index contributed by atoms with van der Waals surface area (Å²) in [4.78, 5) is 11.3. The van der Waals surface area contributed by atoms with Gasteiger partial charge in [0.15, 0.2) is 0 Å². The number of hydrogen-bond donors (Lipinski definition) is 2. The van der Waals surface area contributed by atoms with Crippen molar-refractivity contribution in [2.45, 2.75) is 51.6 Å².